The largest absolute Gasteiger partial charge is 0.481 e. The fraction of sp³-hybridized carbons (Fsp3) is 0.941. The molecule has 8 nitrogen and oxygen atoms in total. The Morgan fingerprint density at radius 2 is 1.62 bits per heavy atom. The van der Waals surface area contributed by atoms with Crippen LogP contribution in [0.2, 0.25) is 0 Å². The van der Waals surface area contributed by atoms with E-state index in [1.54, 1.807) is 4.31 Å². The van der Waals surface area contributed by atoms with E-state index < -0.39 is 16.2 Å². The number of hydrogen-bond donors (Lipinski definition) is 1. The van der Waals surface area contributed by atoms with Crippen LogP contribution in [0.15, 0.2) is 0 Å². The van der Waals surface area contributed by atoms with Gasteiger partial charge in [0.25, 0.3) is 10.2 Å². The second-order valence-corrected chi connectivity index (χ2v) is 10.2. The minimum atomic E-state index is -3.45. The highest BCUT2D eigenvalue weighted by molar-refractivity contribution is 7.86. The molecule has 0 radical (unpaired) electrons. The van der Waals surface area contributed by atoms with Gasteiger partial charge in [0.05, 0.1) is 18.6 Å². The van der Waals surface area contributed by atoms with Crippen LogP contribution in [0, 0.1) is 5.41 Å². The third-order valence-electron chi connectivity index (χ3n) is 5.10. The summed E-state index contributed by atoms with van der Waals surface area (Å²) in [6, 6.07) is 0. The van der Waals surface area contributed by atoms with E-state index in [0.717, 1.165) is 13.0 Å². The summed E-state index contributed by atoms with van der Waals surface area (Å²) in [5, 5.41) is 8.97. The maximum absolute atomic E-state index is 12.9. The van der Waals surface area contributed by atoms with Gasteiger partial charge in [0.1, 0.15) is 0 Å². The van der Waals surface area contributed by atoms with Gasteiger partial charge in [-0.05, 0) is 32.2 Å². The van der Waals surface area contributed by atoms with Crippen molar-refractivity contribution < 1.29 is 23.1 Å². The average molecular weight is 392 g/mol. The van der Waals surface area contributed by atoms with Gasteiger partial charge in [-0.1, -0.05) is 13.8 Å². The molecule has 2 heterocycles. The summed E-state index contributed by atoms with van der Waals surface area (Å²) >= 11 is 0. The van der Waals surface area contributed by atoms with Crippen molar-refractivity contribution in [2.45, 2.75) is 52.7 Å². The molecule has 0 aromatic rings. The van der Waals surface area contributed by atoms with E-state index in [1.807, 2.05) is 27.7 Å². The quantitative estimate of drug-likeness (QED) is 0.692. The Morgan fingerprint density at radius 3 is 2.12 bits per heavy atom. The first-order valence-electron chi connectivity index (χ1n) is 9.34. The molecule has 2 aliphatic heterocycles. The van der Waals surface area contributed by atoms with E-state index in [1.165, 1.54) is 4.31 Å². The zero-order chi connectivity index (χ0) is 19.5. The van der Waals surface area contributed by atoms with Crippen LogP contribution in [-0.2, 0) is 19.7 Å². The van der Waals surface area contributed by atoms with E-state index in [0.29, 0.717) is 39.3 Å². The highest BCUT2D eigenvalue weighted by Gasteiger charge is 2.36. The van der Waals surface area contributed by atoms with E-state index in [2.05, 4.69) is 4.90 Å². The summed E-state index contributed by atoms with van der Waals surface area (Å²) in [6.07, 6.45) is 0.747. The molecule has 2 fully saturated rings. The van der Waals surface area contributed by atoms with Crippen molar-refractivity contribution in [2.75, 3.05) is 45.8 Å². The molecule has 0 aliphatic carbocycles. The maximum Gasteiger partial charge on any atom is 0.303 e. The predicted octanol–water partition coefficient (Wildman–Crippen LogP) is 0.849. The summed E-state index contributed by atoms with van der Waals surface area (Å²) in [5.74, 6) is -0.778. The van der Waals surface area contributed by atoms with Crippen LogP contribution in [0.1, 0.15) is 40.5 Å². The van der Waals surface area contributed by atoms with Gasteiger partial charge < -0.3 is 14.7 Å². The fourth-order valence-corrected chi connectivity index (χ4v) is 5.37. The number of ether oxygens (including phenoxy) is 1. The lowest BCUT2D eigenvalue weighted by molar-refractivity contribution is -0.139. The van der Waals surface area contributed by atoms with Crippen LogP contribution in [0.25, 0.3) is 0 Å². The smallest absolute Gasteiger partial charge is 0.303 e. The zero-order valence-electron chi connectivity index (χ0n) is 16.3. The number of carbonyl (C=O) groups is 1. The molecule has 0 spiro atoms. The molecule has 0 bridgehead atoms. The van der Waals surface area contributed by atoms with Crippen LogP contribution in [0.3, 0.4) is 0 Å². The van der Waals surface area contributed by atoms with Crippen molar-refractivity contribution >= 4 is 16.2 Å². The topological polar surface area (TPSA) is 90.4 Å². The molecule has 2 atom stereocenters. The van der Waals surface area contributed by atoms with Gasteiger partial charge in [0, 0.05) is 39.3 Å². The van der Waals surface area contributed by atoms with Crippen LogP contribution in [-0.4, -0.2) is 91.0 Å². The molecule has 2 rings (SSSR count). The first-order chi connectivity index (χ1) is 12.0. The molecular weight excluding hydrogens is 358 g/mol. The molecule has 152 valence electrons. The van der Waals surface area contributed by atoms with Crippen molar-refractivity contribution in [3.05, 3.63) is 0 Å². The van der Waals surface area contributed by atoms with Gasteiger partial charge in [-0.25, -0.2) is 0 Å². The molecule has 1 N–H and O–H groups in total. The van der Waals surface area contributed by atoms with Crippen molar-refractivity contribution in [3.8, 4) is 0 Å². The third-order valence-corrected chi connectivity index (χ3v) is 7.07. The molecule has 2 saturated heterocycles. The molecule has 0 aromatic heterocycles. The van der Waals surface area contributed by atoms with Crippen molar-refractivity contribution in [1.29, 1.82) is 0 Å². The monoisotopic (exact) mass is 391 g/mol. The number of hydrogen-bond acceptors (Lipinski definition) is 5. The minimum Gasteiger partial charge on any atom is -0.481 e. The number of nitrogens with zero attached hydrogens (tertiary/aromatic N) is 3. The Balaban J connectivity index is 1.84. The van der Waals surface area contributed by atoms with E-state index >= 15 is 0 Å². The average Bonchev–Trinajstić information content (AvgIpc) is 2.51. The Hall–Kier alpha value is -0.740. The van der Waals surface area contributed by atoms with Gasteiger partial charge >= 0.3 is 5.97 Å². The van der Waals surface area contributed by atoms with Gasteiger partial charge in [0.2, 0.25) is 0 Å². The van der Waals surface area contributed by atoms with E-state index in [9.17, 15) is 13.2 Å². The second kappa shape index (κ2) is 8.52. The number of morpholine rings is 1. The number of piperazine rings is 1. The van der Waals surface area contributed by atoms with Gasteiger partial charge in [-0.15, -0.1) is 0 Å². The summed E-state index contributed by atoms with van der Waals surface area (Å²) in [4.78, 5) is 13.1. The van der Waals surface area contributed by atoms with Crippen LogP contribution in [0.4, 0.5) is 0 Å². The van der Waals surface area contributed by atoms with Crippen molar-refractivity contribution in [2.24, 2.45) is 5.41 Å². The number of carboxylic acids is 1. The Labute approximate surface area is 157 Å². The summed E-state index contributed by atoms with van der Waals surface area (Å²) < 4.78 is 34.5. The molecule has 0 saturated carbocycles. The van der Waals surface area contributed by atoms with E-state index in [4.69, 9.17) is 9.84 Å². The molecular formula is C17H33N3O5S. The molecule has 0 amide bonds. The first kappa shape index (κ1) is 21.6. The lowest BCUT2D eigenvalue weighted by Gasteiger charge is -2.40. The predicted molar refractivity (Wildman–Crippen MR) is 99.2 cm³/mol. The zero-order valence-corrected chi connectivity index (χ0v) is 17.2. The Bertz CT molecular complexity index is 577. The van der Waals surface area contributed by atoms with Crippen molar-refractivity contribution in [1.82, 2.24) is 13.5 Å². The summed E-state index contributed by atoms with van der Waals surface area (Å²) in [5.41, 5.74) is -0.255. The second-order valence-electron chi connectivity index (χ2n) is 8.31. The van der Waals surface area contributed by atoms with Gasteiger partial charge in [0.15, 0.2) is 0 Å². The van der Waals surface area contributed by atoms with E-state index in [-0.39, 0.29) is 24.0 Å². The maximum atomic E-state index is 12.9. The molecule has 2 unspecified atom stereocenters. The number of aliphatic carboxylic acids is 1. The normalized spacial score (nSPS) is 27.5. The SMILES string of the molecule is CC1CN(S(=O)(=O)N2CCN(CCC(C)(C)CC(=O)O)CC2)CC(C)O1. The standard InChI is InChI=1S/C17H33N3O5S/c1-14-12-20(13-15(2)25-14)26(23,24)19-9-7-18(8-10-19)6-5-17(3,4)11-16(21)22/h14-15H,5-13H2,1-4H3,(H,21,22). The third kappa shape index (κ3) is 5.88. The number of carboxylic acid groups (broad SMARTS) is 1. The van der Waals surface area contributed by atoms with Crippen LogP contribution in [0.5, 0.6) is 0 Å². The molecule has 0 aromatic carbocycles. The minimum absolute atomic E-state index is 0.0914. The Morgan fingerprint density at radius 1 is 1.08 bits per heavy atom. The van der Waals surface area contributed by atoms with Crippen LogP contribution < -0.4 is 0 Å². The van der Waals surface area contributed by atoms with Crippen molar-refractivity contribution in [3.63, 3.8) is 0 Å². The van der Waals surface area contributed by atoms with Crippen LogP contribution >= 0.6 is 0 Å². The lowest BCUT2D eigenvalue weighted by atomic mass is 9.85. The van der Waals surface area contributed by atoms with Gasteiger partial charge in [-0.2, -0.15) is 17.0 Å². The fourth-order valence-electron chi connectivity index (χ4n) is 3.62. The highest BCUT2D eigenvalue weighted by Crippen LogP contribution is 2.26. The molecule has 26 heavy (non-hydrogen) atoms. The van der Waals surface area contributed by atoms with Gasteiger partial charge in [-0.3, -0.25) is 4.79 Å². The Kier molecular flexibility index (Phi) is 7.06. The summed E-state index contributed by atoms with van der Waals surface area (Å²) in [6.45, 7) is 11.6. The number of rotatable bonds is 7. The first-order valence-corrected chi connectivity index (χ1v) is 10.7. The lowest BCUT2D eigenvalue weighted by Crippen LogP contribution is -2.57. The summed E-state index contributed by atoms with van der Waals surface area (Å²) in [7, 11) is -3.45. The highest BCUT2D eigenvalue weighted by atomic mass is 32.2. The molecule has 9 heteroatoms. The molecule has 2 aliphatic rings.